The summed E-state index contributed by atoms with van der Waals surface area (Å²) >= 11 is 0. The van der Waals surface area contributed by atoms with Crippen molar-refractivity contribution in [3.63, 3.8) is 0 Å². The molecule has 116 valence electrons. The molecule has 2 aromatic carbocycles. The van der Waals surface area contributed by atoms with Crippen LogP contribution in [-0.4, -0.2) is 25.7 Å². The number of hydrogen-bond acceptors (Lipinski definition) is 3. The van der Waals surface area contributed by atoms with E-state index in [1.807, 2.05) is 61.5 Å². The monoisotopic (exact) mass is 299 g/mol. The second kappa shape index (κ2) is 8.72. The van der Waals surface area contributed by atoms with E-state index in [-0.39, 0.29) is 5.91 Å². The van der Waals surface area contributed by atoms with Gasteiger partial charge in [0, 0.05) is 0 Å². The van der Waals surface area contributed by atoms with Gasteiger partial charge in [-0.05, 0) is 36.8 Å². The van der Waals surface area contributed by atoms with E-state index in [0.29, 0.717) is 26.2 Å². The smallest absolute Gasteiger partial charge is 0.224 e. The van der Waals surface area contributed by atoms with E-state index in [9.17, 15) is 4.79 Å². The van der Waals surface area contributed by atoms with Gasteiger partial charge in [-0.2, -0.15) is 0 Å². The molecular formula is C18H21NO3. The fourth-order valence-electron chi connectivity index (χ4n) is 1.99. The molecule has 1 amide bonds. The number of carbonyl (C=O) groups excluding carboxylic acids is 1. The molecule has 0 atom stereocenters. The van der Waals surface area contributed by atoms with E-state index in [1.54, 1.807) is 0 Å². The minimum absolute atomic E-state index is 0.0131. The second-order valence-electron chi connectivity index (χ2n) is 4.77. The lowest BCUT2D eigenvalue weighted by Crippen LogP contribution is -2.29. The molecule has 0 aliphatic rings. The van der Waals surface area contributed by atoms with Crippen molar-refractivity contribution < 1.29 is 14.3 Å². The zero-order chi connectivity index (χ0) is 15.6. The fourth-order valence-corrected chi connectivity index (χ4v) is 1.99. The Balaban J connectivity index is 1.67. The van der Waals surface area contributed by atoms with Gasteiger partial charge in [-0.1, -0.05) is 30.3 Å². The first-order chi connectivity index (χ1) is 10.8. The van der Waals surface area contributed by atoms with Crippen LogP contribution in [0, 0.1) is 0 Å². The summed E-state index contributed by atoms with van der Waals surface area (Å²) in [5.41, 5.74) is 0.963. The minimum Gasteiger partial charge on any atom is -0.494 e. The molecule has 0 fully saturated rings. The summed E-state index contributed by atoms with van der Waals surface area (Å²) in [6.45, 7) is 3.53. The summed E-state index contributed by atoms with van der Waals surface area (Å²) in [4.78, 5) is 11.8. The normalized spacial score (nSPS) is 10.0. The van der Waals surface area contributed by atoms with Gasteiger partial charge in [0.2, 0.25) is 5.91 Å². The lowest BCUT2D eigenvalue weighted by molar-refractivity contribution is -0.120. The maximum Gasteiger partial charge on any atom is 0.224 e. The van der Waals surface area contributed by atoms with Gasteiger partial charge in [-0.3, -0.25) is 4.79 Å². The first kappa shape index (κ1) is 15.9. The third-order valence-electron chi connectivity index (χ3n) is 3.04. The maximum atomic E-state index is 11.8. The molecule has 4 nitrogen and oxygen atoms in total. The SMILES string of the molecule is CCOc1ccc(CC(=O)NCCOc2ccccc2)cc1. The molecule has 0 spiro atoms. The average Bonchev–Trinajstić information content (AvgIpc) is 2.55. The lowest BCUT2D eigenvalue weighted by atomic mass is 10.1. The van der Waals surface area contributed by atoms with Crippen molar-refractivity contribution in [3.8, 4) is 11.5 Å². The molecule has 0 saturated heterocycles. The fraction of sp³-hybridized carbons (Fsp3) is 0.278. The predicted molar refractivity (Wildman–Crippen MR) is 86.3 cm³/mol. The van der Waals surface area contributed by atoms with Crippen molar-refractivity contribution in [1.82, 2.24) is 5.32 Å². The van der Waals surface area contributed by atoms with Gasteiger partial charge in [-0.25, -0.2) is 0 Å². The van der Waals surface area contributed by atoms with Crippen LogP contribution in [0.25, 0.3) is 0 Å². The van der Waals surface area contributed by atoms with Crippen LogP contribution in [0.5, 0.6) is 11.5 Å². The molecule has 0 aromatic heterocycles. The van der Waals surface area contributed by atoms with Crippen molar-refractivity contribution >= 4 is 5.91 Å². The van der Waals surface area contributed by atoms with Gasteiger partial charge in [0.05, 0.1) is 19.6 Å². The van der Waals surface area contributed by atoms with Crippen LogP contribution in [0.4, 0.5) is 0 Å². The molecule has 22 heavy (non-hydrogen) atoms. The van der Waals surface area contributed by atoms with Crippen molar-refractivity contribution in [1.29, 1.82) is 0 Å². The van der Waals surface area contributed by atoms with Gasteiger partial charge in [0.15, 0.2) is 0 Å². The molecule has 0 heterocycles. The molecule has 0 aliphatic carbocycles. The van der Waals surface area contributed by atoms with Gasteiger partial charge >= 0.3 is 0 Å². The summed E-state index contributed by atoms with van der Waals surface area (Å²) in [5, 5.41) is 2.85. The zero-order valence-electron chi connectivity index (χ0n) is 12.7. The average molecular weight is 299 g/mol. The molecular weight excluding hydrogens is 278 g/mol. The van der Waals surface area contributed by atoms with Crippen LogP contribution in [0.2, 0.25) is 0 Å². The molecule has 0 radical (unpaired) electrons. The summed E-state index contributed by atoms with van der Waals surface area (Å²) in [6.07, 6.45) is 0.359. The number of nitrogens with one attached hydrogen (secondary N) is 1. The summed E-state index contributed by atoms with van der Waals surface area (Å²) in [7, 11) is 0. The molecule has 4 heteroatoms. The predicted octanol–water partition coefficient (Wildman–Crippen LogP) is 2.82. The summed E-state index contributed by atoms with van der Waals surface area (Å²) in [5.74, 6) is 1.62. The molecule has 0 bridgehead atoms. The third-order valence-corrected chi connectivity index (χ3v) is 3.04. The van der Waals surface area contributed by atoms with Crippen molar-refractivity contribution in [2.24, 2.45) is 0 Å². The Labute approximate surface area is 131 Å². The molecule has 1 N–H and O–H groups in total. The highest BCUT2D eigenvalue weighted by Crippen LogP contribution is 2.12. The van der Waals surface area contributed by atoms with Gasteiger partial charge in [-0.15, -0.1) is 0 Å². The van der Waals surface area contributed by atoms with Crippen molar-refractivity contribution in [2.45, 2.75) is 13.3 Å². The van der Waals surface area contributed by atoms with Crippen LogP contribution >= 0.6 is 0 Å². The number of amides is 1. The highest BCUT2D eigenvalue weighted by atomic mass is 16.5. The van der Waals surface area contributed by atoms with E-state index in [2.05, 4.69) is 5.32 Å². The Morgan fingerprint density at radius 2 is 1.64 bits per heavy atom. The van der Waals surface area contributed by atoms with Crippen molar-refractivity contribution in [2.75, 3.05) is 19.8 Å². The molecule has 0 saturated carbocycles. The Hall–Kier alpha value is -2.49. The molecule has 0 unspecified atom stereocenters. The Kier molecular flexibility index (Phi) is 6.30. The number of rotatable bonds is 8. The zero-order valence-corrected chi connectivity index (χ0v) is 12.7. The van der Waals surface area contributed by atoms with E-state index < -0.39 is 0 Å². The van der Waals surface area contributed by atoms with Crippen LogP contribution < -0.4 is 14.8 Å². The largest absolute Gasteiger partial charge is 0.494 e. The van der Waals surface area contributed by atoms with Crippen LogP contribution in [0.3, 0.4) is 0 Å². The highest BCUT2D eigenvalue weighted by molar-refractivity contribution is 5.78. The Morgan fingerprint density at radius 1 is 0.955 bits per heavy atom. The minimum atomic E-state index is -0.0131. The number of carbonyl (C=O) groups is 1. The summed E-state index contributed by atoms with van der Waals surface area (Å²) < 4.78 is 10.9. The molecule has 2 aromatic rings. The second-order valence-corrected chi connectivity index (χ2v) is 4.77. The van der Waals surface area contributed by atoms with Crippen LogP contribution in [-0.2, 0) is 11.2 Å². The molecule has 2 rings (SSSR count). The van der Waals surface area contributed by atoms with E-state index in [0.717, 1.165) is 17.1 Å². The maximum absolute atomic E-state index is 11.8. The van der Waals surface area contributed by atoms with E-state index in [4.69, 9.17) is 9.47 Å². The Morgan fingerprint density at radius 3 is 2.32 bits per heavy atom. The number of benzene rings is 2. The number of ether oxygens (including phenoxy) is 2. The standard InChI is InChI=1S/C18H21NO3/c1-2-21-17-10-8-15(9-11-17)14-18(20)19-12-13-22-16-6-4-3-5-7-16/h3-11H,2,12-14H2,1H3,(H,19,20). The van der Waals surface area contributed by atoms with Crippen LogP contribution in [0.1, 0.15) is 12.5 Å². The number of hydrogen-bond donors (Lipinski definition) is 1. The van der Waals surface area contributed by atoms with Gasteiger partial charge in [0.25, 0.3) is 0 Å². The first-order valence-electron chi connectivity index (χ1n) is 7.44. The van der Waals surface area contributed by atoms with Gasteiger partial charge < -0.3 is 14.8 Å². The third kappa shape index (κ3) is 5.48. The lowest BCUT2D eigenvalue weighted by Gasteiger charge is -2.08. The van der Waals surface area contributed by atoms with Crippen molar-refractivity contribution in [3.05, 3.63) is 60.2 Å². The molecule has 0 aliphatic heterocycles. The van der Waals surface area contributed by atoms with Crippen LogP contribution in [0.15, 0.2) is 54.6 Å². The van der Waals surface area contributed by atoms with E-state index >= 15 is 0 Å². The summed E-state index contributed by atoms with van der Waals surface area (Å²) in [6, 6.07) is 17.1. The quantitative estimate of drug-likeness (QED) is 0.763. The Bertz CT molecular complexity index is 567. The first-order valence-corrected chi connectivity index (χ1v) is 7.44. The highest BCUT2D eigenvalue weighted by Gasteiger charge is 2.03. The topological polar surface area (TPSA) is 47.6 Å². The number of para-hydroxylation sites is 1. The van der Waals surface area contributed by atoms with E-state index in [1.165, 1.54) is 0 Å². The van der Waals surface area contributed by atoms with Gasteiger partial charge in [0.1, 0.15) is 18.1 Å².